The second-order valence-electron chi connectivity index (χ2n) is 5.13. The molecule has 0 heterocycles. The van der Waals surface area contributed by atoms with E-state index in [1.54, 1.807) is 0 Å². The lowest BCUT2D eigenvalue weighted by Crippen LogP contribution is -2.43. The Morgan fingerprint density at radius 1 is 1.15 bits per heavy atom. The summed E-state index contributed by atoms with van der Waals surface area (Å²) in [5.74, 6) is -0.421. The number of rotatable bonds is 7. The number of hydrogen-bond acceptors (Lipinski definition) is 2. The molecule has 120 valence electrons. The molecule has 3 nitrogen and oxygen atoms in total. The molecule has 0 amide bonds. The van der Waals surface area contributed by atoms with E-state index < -0.39 is 28.4 Å². The fourth-order valence-corrected chi connectivity index (χ4v) is 4.97. The van der Waals surface area contributed by atoms with Crippen LogP contribution >= 0.6 is 15.9 Å². The molecule has 1 fully saturated rings. The van der Waals surface area contributed by atoms with Crippen molar-refractivity contribution in [1.29, 1.82) is 0 Å². The van der Waals surface area contributed by atoms with Crippen molar-refractivity contribution in [3.05, 3.63) is 0 Å². The molecule has 1 aliphatic carbocycles. The summed E-state index contributed by atoms with van der Waals surface area (Å²) in [6.07, 6.45) is -0.996. The maximum absolute atomic E-state index is 12.2. The van der Waals surface area contributed by atoms with Crippen LogP contribution in [0.5, 0.6) is 0 Å². The van der Waals surface area contributed by atoms with E-state index in [0.29, 0.717) is 11.9 Å². The summed E-state index contributed by atoms with van der Waals surface area (Å²) in [4.78, 5) is 0. The topological polar surface area (TPSA) is 37.4 Å². The van der Waals surface area contributed by atoms with Gasteiger partial charge in [0.15, 0.2) is 0 Å². The van der Waals surface area contributed by atoms with E-state index in [-0.39, 0.29) is 12.5 Å². The van der Waals surface area contributed by atoms with E-state index in [1.165, 1.54) is 4.31 Å². The summed E-state index contributed by atoms with van der Waals surface area (Å²) in [6.45, 7) is 0.332. The van der Waals surface area contributed by atoms with Crippen molar-refractivity contribution in [2.75, 3.05) is 17.6 Å². The lowest BCUT2D eigenvalue weighted by molar-refractivity contribution is -0.134. The van der Waals surface area contributed by atoms with Crippen molar-refractivity contribution in [1.82, 2.24) is 4.31 Å². The molecule has 0 aromatic carbocycles. The highest BCUT2D eigenvalue weighted by Gasteiger charge is 2.32. The van der Waals surface area contributed by atoms with Gasteiger partial charge in [0.25, 0.3) is 0 Å². The van der Waals surface area contributed by atoms with Crippen LogP contribution in [-0.2, 0) is 10.0 Å². The smallest absolute Gasteiger partial charge is 0.212 e. The summed E-state index contributed by atoms with van der Waals surface area (Å²) in [5.41, 5.74) is 0. The lowest BCUT2D eigenvalue weighted by atomic mass is 9.95. The summed E-state index contributed by atoms with van der Waals surface area (Å²) in [7, 11) is -3.60. The van der Waals surface area contributed by atoms with Crippen molar-refractivity contribution >= 4 is 26.0 Å². The minimum Gasteiger partial charge on any atom is -0.212 e. The van der Waals surface area contributed by atoms with Crippen LogP contribution in [0.3, 0.4) is 0 Å². The second kappa shape index (κ2) is 7.98. The van der Waals surface area contributed by atoms with Crippen LogP contribution < -0.4 is 0 Å². The predicted molar refractivity (Wildman–Crippen MR) is 76.4 cm³/mol. The van der Waals surface area contributed by atoms with Gasteiger partial charge in [0.1, 0.15) is 0 Å². The minimum atomic E-state index is -4.29. The van der Waals surface area contributed by atoms with E-state index >= 15 is 0 Å². The summed E-state index contributed by atoms with van der Waals surface area (Å²) < 4.78 is 62.3. The van der Waals surface area contributed by atoms with Gasteiger partial charge in [0, 0.05) is 24.3 Å². The largest absolute Gasteiger partial charge is 0.389 e. The Kier molecular flexibility index (Phi) is 7.28. The number of sulfonamides is 1. The first-order valence-electron chi connectivity index (χ1n) is 6.88. The van der Waals surface area contributed by atoms with Crippen LogP contribution in [0.2, 0.25) is 0 Å². The van der Waals surface area contributed by atoms with E-state index in [0.717, 1.165) is 32.1 Å². The molecule has 0 spiro atoms. The Balaban J connectivity index is 2.63. The van der Waals surface area contributed by atoms with Crippen LogP contribution in [-0.4, -0.2) is 42.6 Å². The highest BCUT2D eigenvalue weighted by atomic mass is 79.9. The second-order valence-corrected chi connectivity index (χ2v) is 7.96. The molecule has 1 rings (SSSR count). The summed E-state index contributed by atoms with van der Waals surface area (Å²) in [5, 5.41) is 0.502. The fourth-order valence-electron chi connectivity index (χ4n) is 2.57. The number of halogens is 4. The van der Waals surface area contributed by atoms with E-state index in [9.17, 15) is 21.6 Å². The van der Waals surface area contributed by atoms with Gasteiger partial charge in [-0.15, -0.1) is 0 Å². The monoisotopic (exact) mass is 379 g/mol. The van der Waals surface area contributed by atoms with Gasteiger partial charge < -0.3 is 0 Å². The van der Waals surface area contributed by atoms with Crippen molar-refractivity contribution in [3.63, 3.8) is 0 Å². The van der Waals surface area contributed by atoms with Gasteiger partial charge in [0.2, 0.25) is 10.0 Å². The van der Waals surface area contributed by atoms with Crippen molar-refractivity contribution in [2.24, 2.45) is 0 Å². The molecule has 0 saturated heterocycles. The first-order valence-corrected chi connectivity index (χ1v) is 9.61. The molecule has 0 atom stereocenters. The normalized spacial score (nSPS) is 18.6. The van der Waals surface area contributed by atoms with Gasteiger partial charge in [-0.05, 0) is 19.3 Å². The van der Waals surface area contributed by atoms with Crippen LogP contribution in [0.4, 0.5) is 13.2 Å². The zero-order chi connectivity index (χ0) is 15.2. The van der Waals surface area contributed by atoms with Gasteiger partial charge >= 0.3 is 6.18 Å². The highest BCUT2D eigenvalue weighted by molar-refractivity contribution is 9.09. The molecule has 8 heteroatoms. The van der Waals surface area contributed by atoms with E-state index in [1.807, 2.05) is 0 Å². The van der Waals surface area contributed by atoms with Crippen molar-refractivity contribution < 1.29 is 21.6 Å². The standard InChI is InChI=1S/C12H21BrF3NO2S/c13-8-9-17(11-5-2-1-3-6-11)20(18,19)10-4-7-12(14,15)16/h11H,1-10H2. The third kappa shape index (κ3) is 6.30. The van der Waals surface area contributed by atoms with Gasteiger partial charge in [-0.3, -0.25) is 0 Å². The average Bonchev–Trinajstić information content (AvgIpc) is 2.35. The van der Waals surface area contributed by atoms with Gasteiger partial charge in [-0.25, -0.2) is 8.42 Å². The Morgan fingerprint density at radius 3 is 2.25 bits per heavy atom. The van der Waals surface area contributed by atoms with Crippen LogP contribution in [0.1, 0.15) is 44.9 Å². The van der Waals surface area contributed by atoms with Crippen LogP contribution in [0.15, 0.2) is 0 Å². The maximum Gasteiger partial charge on any atom is 0.389 e. The zero-order valence-electron chi connectivity index (χ0n) is 11.3. The molecule has 20 heavy (non-hydrogen) atoms. The Bertz CT molecular complexity index is 381. The highest BCUT2D eigenvalue weighted by Crippen LogP contribution is 2.26. The SMILES string of the molecule is O=S(=O)(CCCC(F)(F)F)N(CCBr)C1CCCCC1. The molecular formula is C12H21BrF3NO2S. The Hall–Kier alpha value is 0.180. The molecule has 0 aromatic rings. The molecule has 0 N–H and O–H groups in total. The maximum atomic E-state index is 12.2. The fraction of sp³-hybridized carbons (Fsp3) is 1.00. The lowest BCUT2D eigenvalue weighted by Gasteiger charge is -2.33. The molecule has 0 radical (unpaired) electrons. The molecule has 1 saturated carbocycles. The average molecular weight is 380 g/mol. The van der Waals surface area contributed by atoms with Crippen molar-refractivity contribution in [2.45, 2.75) is 57.2 Å². The van der Waals surface area contributed by atoms with E-state index in [2.05, 4.69) is 15.9 Å². The molecule has 1 aliphatic rings. The molecule has 0 aromatic heterocycles. The summed E-state index contributed by atoms with van der Waals surface area (Å²) >= 11 is 3.22. The first kappa shape index (κ1) is 18.2. The molecule has 0 aliphatic heterocycles. The number of nitrogens with zero attached hydrogens (tertiary/aromatic N) is 1. The number of hydrogen-bond donors (Lipinski definition) is 0. The number of alkyl halides is 4. The van der Waals surface area contributed by atoms with Gasteiger partial charge in [-0.1, -0.05) is 35.2 Å². The third-order valence-corrected chi connectivity index (χ3v) is 5.86. The first-order chi connectivity index (χ1) is 9.26. The zero-order valence-corrected chi connectivity index (χ0v) is 13.7. The Morgan fingerprint density at radius 2 is 1.75 bits per heavy atom. The van der Waals surface area contributed by atoms with Gasteiger partial charge in [0.05, 0.1) is 5.75 Å². The Labute approximate surface area is 127 Å². The third-order valence-electron chi connectivity index (χ3n) is 3.51. The molecule has 0 unspecified atom stereocenters. The predicted octanol–water partition coefficient (Wildman–Crippen LogP) is 3.69. The summed E-state index contributed by atoms with van der Waals surface area (Å²) in [6, 6.07) is -0.0443. The molecule has 0 bridgehead atoms. The minimum absolute atomic E-state index is 0.0443. The van der Waals surface area contributed by atoms with Gasteiger partial charge in [-0.2, -0.15) is 17.5 Å². The quantitative estimate of drug-likeness (QED) is 0.632. The molecular weight excluding hydrogens is 359 g/mol. The van der Waals surface area contributed by atoms with Crippen LogP contribution in [0.25, 0.3) is 0 Å². The van der Waals surface area contributed by atoms with E-state index in [4.69, 9.17) is 0 Å². The van der Waals surface area contributed by atoms with Crippen molar-refractivity contribution in [3.8, 4) is 0 Å². The van der Waals surface area contributed by atoms with Crippen LogP contribution in [0, 0.1) is 0 Å².